The van der Waals surface area contributed by atoms with E-state index >= 15 is 0 Å². The number of rotatable bonds is 4. The molecule has 1 aromatic carbocycles. The summed E-state index contributed by atoms with van der Waals surface area (Å²) in [6.07, 6.45) is 0.801. The number of hydrogen-bond donors (Lipinski definition) is 1. The summed E-state index contributed by atoms with van der Waals surface area (Å²) in [6.45, 7) is 6.52. The van der Waals surface area contributed by atoms with Crippen molar-refractivity contribution in [3.8, 4) is 0 Å². The van der Waals surface area contributed by atoms with Crippen LogP contribution in [0.15, 0.2) is 24.3 Å². The number of nitrogens with zero attached hydrogens (tertiary/aromatic N) is 1. The van der Waals surface area contributed by atoms with Gasteiger partial charge in [-0.05, 0) is 31.9 Å². The van der Waals surface area contributed by atoms with Gasteiger partial charge in [0.05, 0.1) is 12.7 Å². The van der Waals surface area contributed by atoms with E-state index in [1.165, 1.54) is 6.07 Å². The van der Waals surface area contributed by atoms with Gasteiger partial charge in [0.1, 0.15) is 5.82 Å². The molecule has 1 aliphatic heterocycles. The number of ether oxygens (including phenoxy) is 1. The Bertz CT molecular complexity index is 411. The molecule has 4 heteroatoms. The first-order chi connectivity index (χ1) is 9.08. The number of halogens is 1. The summed E-state index contributed by atoms with van der Waals surface area (Å²) >= 11 is 0. The molecule has 1 saturated heterocycles. The van der Waals surface area contributed by atoms with Gasteiger partial charge >= 0.3 is 0 Å². The average Bonchev–Trinajstić information content (AvgIpc) is 2.41. The smallest absolute Gasteiger partial charge is 0.126 e. The fourth-order valence-electron chi connectivity index (χ4n) is 2.53. The number of nitrogens with two attached hydrogens (primary N) is 1. The van der Waals surface area contributed by atoms with E-state index in [0.717, 1.165) is 25.1 Å². The van der Waals surface area contributed by atoms with E-state index < -0.39 is 0 Å². The van der Waals surface area contributed by atoms with E-state index in [2.05, 4.69) is 11.8 Å². The molecule has 1 aliphatic rings. The maximum atomic E-state index is 13.7. The molecule has 0 aromatic heterocycles. The molecule has 3 nitrogen and oxygen atoms in total. The molecule has 0 amide bonds. The lowest BCUT2D eigenvalue weighted by molar-refractivity contribution is -0.0492. The van der Waals surface area contributed by atoms with Crippen LogP contribution in [-0.4, -0.2) is 42.8 Å². The van der Waals surface area contributed by atoms with Crippen molar-refractivity contribution in [2.24, 2.45) is 5.73 Å². The highest BCUT2D eigenvalue weighted by Crippen LogP contribution is 2.16. The second-order valence-electron chi connectivity index (χ2n) is 5.41. The van der Waals surface area contributed by atoms with Crippen molar-refractivity contribution in [3.63, 3.8) is 0 Å². The third-order valence-electron chi connectivity index (χ3n) is 3.81. The van der Waals surface area contributed by atoms with E-state index in [4.69, 9.17) is 10.5 Å². The fourth-order valence-corrected chi connectivity index (χ4v) is 2.53. The lowest BCUT2D eigenvalue weighted by Crippen LogP contribution is -2.52. The van der Waals surface area contributed by atoms with Gasteiger partial charge in [-0.2, -0.15) is 0 Å². The molecule has 0 saturated carbocycles. The van der Waals surface area contributed by atoms with Crippen molar-refractivity contribution in [1.29, 1.82) is 0 Å². The van der Waals surface area contributed by atoms with Crippen molar-refractivity contribution < 1.29 is 9.13 Å². The van der Waals surface area contributed by atoms with Gasteiger partial charge in [0.25, 0.3) is 0 Å². The van der Waals surface area contributed by atoms with Crippen molar-refractivity contribution in [3.05, 3.63) is 35.6 Å². The number of morpholine rings is 1. The molecule has 19 heavy (non-hydrogen) atoms. The molecule has 0 radical (unpaired) electrons. The van der Waals surface area contributed by atoms with Gasteiger partial charge in [-0.25, -0.2) is 4.39 Å². The summed E-state index contributed by atoms with van der Waals surface area (Å²) < 4.78 is 19.3. The summed E-state index contributed by atoms with van der Waals surface area (Å²) in [7, 11) is 0. The zero-order valence-corrected chi connectivity index (χ0v) is 11.7. The molecular formula is C15H23FN2O. The van der Waals surface area contributed by atoms with E-state index in [1.54, 1.807) is 6.07 Å². The quantitative estimate of drug-likeness (QED) is 0.903. The Kier molecular flexibility index (Phi) is 4.91. The molecule has 2 N–H and O–H groups in total. The Hall–Kier alpha value is -0.970. The average molecular weight is 266 g/mol. The van der Waals surface area contributed by atoms with Gasteiger partial charge in [0, 0.05) is 25.2 Å². The van der Waals surface area contributed by atoms with Crippen LogP contribution in [0.3, 0.4) is 0 Å². The molecule has 3 atom stereocenters. The summed E-state index contributed by atoms with van der Waals surface area (Å²) in [5.41, 5.74) is 6.67. The molecule has 0 bridgehead atoms. The van der Waals surface area contributed by atoms with Crippen LogP contribution in [0.4, 0.5) is 4.39 Å². The Balaban J connectivity index is 1.96. The third kappa shape index (κ3) is 3.75. The highest BCUT2D eigenvalue weighted by molar-refractivity contribution is 5.18. The Morgan fingerprint density at radius 1 is 1.42 bits per heavy atom. The van der Waals surface area contributed by atoms with E-state index in [0.29, 0.717) is 12.6 Å². The second-order valence-corrected chi connectivity index (χ2v) is 5.41. The molecule has 106 valence electrons. The standard InChI is InChI=1S/C15H23FN2O/c1-11(9-13-5-3-4-6-14(13)16)18-7-8-19-15(10-18)12(2)17/h3-6,11-12,15H,7-10,17H2,1-2H3. The monoisotopic (exact) mass is 266 g/mol. The maximum absolute atomic E-state index is 13.7. The molecule has 0 spiro atoms. The first-order valence-corrected chi connectivity index (χ1v) is 6.92. The van der Waals surface area contributed by atoms with Crippen LogP contribution in [0.25, 0.3) is 0 Å². The van der Waals surface area contributed by atoms with E-state index in [9.17, 15) is 4.39 Å². The molecule has 1 heterocycles. The van der Waals surface area contributed by atoms with Gasteiger partial charge in [-0.1, -0.05) is 18.2 Å². The second kappa shape index (κ2) is 6.46. The van der Waals surface area contributed by atoms with Crippen molar-refractivity contribution in [2.45, 2.75) is 38.5 Å². The Labute approximate surface area is 114 Å². The van der Waals surface area contributed by atoms with Crippen LogP contribution in [0.1, 0.15) is 19.4 Å². The van der Waals surface area contributed by atoms with Crippen molar-refractivity contribution in [1.82, 2.24) is 4.90 Å². The zero-order chi connectivity index (χ0) is 13.8. The van der Waals surface area contributed by atoms with E-state index in [1.807, 2.05) is 19.1 Å². The lowest BCUT2D eigenvalue weighted by atomic mass is 10.0. The highest BCUT2D eigenvalue weighted by Gasteiger charge is 2.26. The molecule has 1 aromatic rings. The summed E-state index contributed by atoms with van der Waals surface area (Å²) in [5, 5.41) is 0. The summed E-state index contributed by atoms with van der Waals surface area (Å²) in [6, 6.07) is 7.31. The summed E-state index contributed by atoms with van der Waals surface area (Å²) in [5.74, 6) is -0.119. The molecule has 2 rings (SSSR count). The Morgan fingerprint density at radius 3 is 2.84 bits per heavy atom. The van der Waals surface area contributed by atoms with Gasteiger partial charge in [-0.3, -0.25) is 4.90 Å². The van der Waals surface area contributed by atoms with Gasteiger partial charge in [0.2, 0.25) is 0 Å². The van der Waals surface area contributed by atoms with Crippen molar-refractivity contribution >= 4 is 0 Å². The first kappa shape index (κ1) is 14.4. The van der Waals surface area contributed by atoms with Crippen LogP contribution in [0.5, 0.6) is 0 Å². The minimum Gasteiger partial charge on any atom is -0.374 e. The SMILES string of the molecule is CC(N)C1CN(C(C)Cc2ccccc2F)CCO1. The minimum atomic E-state index is -0.119. The van der Waals surface area contributed by atoms with E-state index in [-0.39, 0.29) is 18.0 Å². The topological polar surface area (TPSA) is 38.5 Å². The predicted molar refractivity (Wildman–Crippen MR) is 74.5 cm³/mol. The van der Waals surface area contributed by atoms with Gasteiger partial charge in [0.15, 0.2) is 0 Å². The number of hydrogen-bond acceptors (Lipinski definition) is 3. The van der Waals surface area contributed by atoms with Gasteiger partial charge < -0.3 is 10.5 Å². The zero-order valence-electron chi connectivity index (χ0n) is 11.7. The van der Waals surface area contributed by atoms with Gasteiger partial charge in [-0.15, -0.1) is 0 Å². The fraction of sp³-hybridized carbons (Fsp3) is 0.600. The molecule has 0 aliphatic carbocycles. The van der Waals surface area contributed by atoms with Crippen LogP contribution in [0, 0.1) is 5.82 Å². The van der Waals surface area contributed by atoms with Crippen LogP contribution in [-0.2, 0) is 11.2 Å². The molecule has 3 unspecified atom stereocenters. The lowest BCUT2D eigenvalue weighted by Gasteiger charge is -2.38. The highest BCUT2D eigenvalue weighted by atomic mass is 19.1. The Morgan fingerprint density at radius 2 is 2.16 bits per heavy atom. The minimum absolute atomic E-state index is 0.0310. The third-order valence-corrected chi connectivity index (χ3v) is 3.81. The normalized spacial score (nSPS) is 24.1. The van der Waals surface area contributed by atoms with Crippen LogP contribution < -0.4 is 5.73 Å². The molecular weight excluding hydrogens is 243 g/mol. The number of benzene rings is 1. The largest absolute Gasteiger partial charge is 0.374 e. The molecule has 1 fully saturated rings. The maximum Gasteiger partial charge on any atom is 0.126 e. The van der Waals surface area contributed by atoms with Crippen LogP contribution in [0.2, 0.25) is 0 Å². The van der Waals surface area contributed by atoms with Crippen molar-refractivity contribution in [2.75, 3.05) is 19.7 Å². The van der Waals surface area contributed by atoms with Crippen LogP contribution >= 0.6 is 0 Å². The predicted octanol–water partition coefficient (Wildman–Crippen LogP) is 1.80. The summed E-state index contributed by atoms with van der Waals surface area (Å²) in [4.78, 5) is 2.34. The first-order valence-electron chi connectivity index (χ1n) is 6.92.